The first-order chi connectivity index (χ1) is 18.8. The van der Waals surface area contributed by atoms with Gasteiger partial charge in [-0.3, -0.25) is 9.59 Å². The molecule has 5 rings (SSSR count). The highest BCUT2D eigenvalue weighted by Gasteiger charge is 2.39. The smallest absolute Gasteiger partial charge is 0.262 e. The molecule has 3 aromatic carbocycles. The predicted octanol–water partition coefficient (Wildman–Crippen LogP) is 5.33. The van der Waals surface area contributed by atoms with Crippen molar-refractivity contribution in [1.29, 1.82) is 0 Å². The molecule has 0 spiro atoms. The number of benzene rings is 3. The second kappa shape index (κ2) is 11.3. The summed E-state index contributed by atoms with van der Waals surface area (Å²) in [6.45, 7) is 1.96. The average Bonchev–Trinajstić information content (AvgIpc) is 3.53. The summed E-state index contributed by atoms with van der Waals surface area (Å²) in [5.74, 6) is 0.181. The molecule has 8 nitrogen and oxygen atoms in total. The van der Waals surface area contributed by atoms with Crippen molar-refractivity contribution in [3.63, 3.8) is 0 Å². The highest BCUT2D eigenvalue weighted by Crippen LogP contribution is 2.40. The molecule has 10 heteroatoms. The van der Waals surface area contributed by atoms with E-state index in [2.05, 4.69) is 10.3 Å². The number of aliphatic imine (C=N–C) groups is 1. The molecule has 0 bridgehead atoms. The number of anilines is 1. The van der Waals surface area contributed by atoms with Gasteiger partial charge in [-0.05, 0) is 55.0 Å². The average molecular weight is 547 g/mol. The molecule has 2 atom stereocenters. The molecule has 0 aromatic heterocycles. The Balaban J connectivity index is 1.40. The number of nitrogens with zero attached hydrogens (tertiary/aromatic N) is 3. The molecule has 39 heavy (non-hydrogen) atoms. The van der Waals surface area contributed by atoms with Gasteiger partial charge in [0.05, 0.1) is 26.0 Å². The van der Waals surface area contributed by atoms with Crippen molar-refractivity contribution in [2.75, 3.05) is 19.5 Å². The predicted molar refractivity (Wildman–Crippen MR) is 150 cm³/mol. The summed E-state index contributed by atoms with van der Waals surface area (Å²) in [4.78, 5) is 29.8. The van der Waals surface area contributed by atoms with Gasteiger partial charge in [-0.15, -0.1) is 0 Å². The van der Waals surface area contributed by atoms with Crippen molar-refractivity contribution < 1.29 is 23.5 Å². The summed E-state index contributed by atoms with van der Waals surface area (Å²) in [7, 11) is 3.15. The number of nitrogens with one attached hydrogen (secondary N) is 1. The van der Waals surface area contributed by atoms with Crippen LogP contribution in [0.1, 0.15) is 35.6 Å². The van der Waals surface area contributed by atoms with Crippen molar-refractivity contribution in [1.82, 2.24) is 5.01 Å². The van der Waals surface area contributed by atoms with Crippen molar-refractivity contribution in [2.45, 2.75) is 31.1 Å². The van der Waals surface area contributed by atoms with E-state index in [0.717, 1.165) is 11.1 Å². The van der Waals surface area contributed by atoms with E-state index >= 15 is 0 Å². The fourth-order valence-corrected chi connectivity index (χ4v) is 5.55. The summed E-state index contributed by atoms with van der Waals surface area (Å²) in [6, 6.07) is 18.7. The highest BCUT2D eigenvalue weighted by molar-refractivity contribution is 8.15. The van der Waals surface area contributed by atoms with Gasteiger partial charge in [-0.1, -0.05) is 41.6 Å². The Bertz CT molecular complexity index is 1470. The molecule has 2 heterocycles. The lowest BCUT2D eigenvalue weighted by molar-refractivity contribution is -0.121. The third kappa shape index (κ3) is 5.80. The summed E-state index contributed by atoms with van der Waals surface area (Å²) < 4.78 is 25.2. The Labute approximate surface area is 229 Å². The monoisotopic (exact) mass is 546 g/mol. The molecule has 0 saturated heterocycles. The molecular formula is C29H27FN4O4S. The molecule has 0 fully saturated rings. The van der Waals surface area contributed by atoms with Crippen LogP contribution in [0.2, 0.25) is 0 Å². The van der Waals surface area contributed by atoms with Gasteiger partial charge in [0.1, 0.15) is 22.6 Å². The van der Waals surface area contributed by atoms with Gasteiger partial charge < -0.3 is 14.8 Å². The maximum Gasteiger partial charge on any atom is 0.262 e. The lowest BCUT2D eigenvalue weighted by Crippen LogP contribution is -2.25. The van der Waals surface area contributed by atoms with E-state index in [9.17, 15) is 14.0 Å². The van der Waals surface area contributed by atoms with Crippen LogP contribution in [0.25, 0.3) is 0 Å². The second-order valence-corrected chi connectivity index (χ2v) is 10.4. The number of hydrogen-bond acceptors (Lipinski definition) is 7. The van der Waals surface area contributed by atoms with Gasteiger partial charge in [0.25, 0.3) is 5.91 Å². The minimum absolute atomic E-state index is 0.0386. The Kier molecular flexibility index (Phi) is 7.65. The summed E-state index contributed by atoms with van der Waals surface area (Å²) >= 11 is 1.18. The Hall–Kier alpha value is -4.18. The topological polar surface area (TPSA) is 92.6 Å². The zero-order chi connectivity index (χ0) is 27.5. The Morgan fingerprint density at radius 3 is 2.62 bits per heavy atom. The fraction of sp³-hybridized carbons (Fsp3) is 0.241. The summed E-state index contributed by atoms with van der Waals surface area (Å²) in [5, 5.41) is 8.97. The van der Waals surface area contributed by atoms with E-state index in [1.807, 2.05) is 43.3 Å². The number of halogens is 1. The maximum atomic E-state index is 14.2. The molecule has 2 amide bonds. The number of rotatable bonds is 7. The number of aryl methyl sites for hydroxylation is 1. The molecule has 200 valence electrons. The van der Waals surface area contributed by atoms with Crippen LogP contribution in [-0.2, 0) is 9.59 Å². The van der Waals surface area contributed by atoms with Crippen molar-refractivity contribution in [3.05, 3.63) is 89.2 Å². The third-order valence-electron chi connectivity index (χ3n) is 6.49. The van der Waals surface area contributed by atoms with Gasteiger partial charge in [0, 0.05) is 24.1 Å². The quantitative estimate of drug-likeness (QED) is 0.431. The number of carbonyl (C=O) groups is 2. The van der Waals surface area contributed by atoms with Gasteiger partial charge in [0.2, 0.25) is 5.91 Å². The van der Waals surface area contributed by atoms with Crippen LogP contribution in [0.15, 0.2) is 76.8 Å². The van der Waals surface area contributed by atoms with Crippen LogP contribution in [0.3, 0.4) is 0 Å². The number of ether oxygens (including phenoxy) is 2. The number of hydrazone groups is 1. The minimum atomic E-state index is -0.691. The fourth-order valence-electron chi connectivity index (χ4n) is 4.48. The standard InChI is InChI=1S/C29H27FN4O4S/c1-17-7-9-20(10-8-17)31-27(35)16-26-28(36)32-29(39-26)34-24(18-5-4-6-19(30)13-18)15-23(33-34)22-14-21(37-2)11-12-25(22)38-3/h4-14,24,26H,15-16H2,1-3H3,(H,31,35)/t24-,26+/m0/s1. The van der Waals surface area contributed by atoms with Gasteiger partial charge in [-0.25, -0.2) is 9.40 Å². The van der Waals surface area contributed by atoms with E-state index in [1.165, 1.54) is 23.9 Å². The summed E-state index contributed by atoms with van der Waals surface area (Å²) in [5.41, 5.74) is 3.83. The number of hydrogen-bond donors (Lipinski definition) is 1. The molecule has 0 aliphatic carbocycles. The zero-order valence-corrected chi connectivity index (χ0v) is 22.5. The zero-order valence-electron chi connectivity index (χ0n) is 21.7. The van der Waals surface area contributed by atoms with Crippen molar-refractivity contribution in [3.8, 4) is 11.5 Å². The van der Waals surface area contributed by atoms with Crippen molar-refractivity contribution >= 4 is 40.1 Å². The number of amidine groups is 1. The molecule has 0 unspecified atom stereocenters. The van der Waals surface area contributed by atoms with Crippen LogP contribution in [0, 0.1) is 12.7 Å². The van der Waals surface area contributed by atoms with E-state index < -0.39 is 17.2 Å². The van der Waals surface area contributed by atoms with Crippen LogP contribution < -0.4 is 14.8 Å². The number of methoxy groups -OCH3 is 2. The van der Waals surface area contributed by atoms with E-state index in [-0.39, 0.29) is 18.1 Å². The van der Waals surface area contributed by atoms with Gasteiger partial charge in [0.15, 0.2) is 5.17 Å². The minimum Gasteiger partial charge on any atom is -0.497 e. The first kappa shape index (κ1) is 26.4. The molecule has 0 radical (unpaired) electrons. The largest absolute Gasteiger partial charge is 0.497 e. The van der Waals surface area contributed by atoms with Crippen LogP contribution in [-0.4, -0.2) is 47.2 Å². The second-order valence-electron chi connectivity index (χ2n) is 9.19. The highest BCUT2D eigenvalue weighted by atomic mass is 32.2. The van der Waals surface area contributed by atoms with E-state index in [4.69, 9.17) is 14.6 Å². The maximum absolute atomic E-state index is 14.2. The number of carbonyl (C=O) groups excluding carboxylic acids is 2. The molecule has 2 aliphatic rings. The van der Waals surface area contributed by atoms with Gasteiger partial charge in [-0.2, -0.15) is 10.1 Å². The van der Waals surface area contributed by atoms with E-state index in [1.54, 1.807) is 37.4 Å². The Morgan fingerprint density at radius 2 is 1.90 bits per heavy atom. The number of thioether (sulfide) groups is 1. The first-order valence-corrected chi connectivity index (χ1v) is 13.2. The van der Waals surface area contributed by atoms with E-state index in [0.29, 0.717) is 40.1 Å². The Morgan fingerprint density at radius 1 is 1.10 bits per heavy atom. The normalized spacial score (nSPS) is 18.6. The third-order valence-corrected chi connectivity index (χ3v) is 7.63. The van der Waals surface area contributed by atoms with Crippen LogP contribution >= 0.6 is 11.8 Å². The lowest BCUT2D eigenvalue weighted by atomic mass is 9.98. The van der Waals surface area contributed by atoms with Crippen molar-refractivity contribution in [2.24, 2.45) is 10.1 Å². The van der Waals surface area contributed by atoms with Crippen LogP contribution in [0.4, 0.5) is 10.1 Å². The molecule has 2 aliphatic heterocycles. The number of amides is 2. The SMILES string of the molecule is COc1ccc(OC)c(C2=NN(C3=NC(=O)[C@@H](CC(=O)Nc4ccc(C)cc4)S3)[C@H](c3cccc(F)c3)C2)c1. The lowest BCUT2D eigenvalue weighted by Gasteiger charge is -2.23. The van der Waals surface area contributed by atoms with Gasteiger partial charge >= 0.3 is 0 Å². The van der Waals surface area contributed by atoms with Crippen LogP contribution in [0.5, 0.6) is 11.5 Å². The molecular weight excluding hydrogens is 519 g/mol. The summed E-state index contributed by atoms with van der Waals surface area (Å²) in [6.07, 6.45) is 0.377. The molecule has 3 aromatic rings. The molecule has 0 saturated carbocycles. The molecule has 1 N–H and O–H groups in total. The first-order valence-electron chi connectivity index (χ1n) is 12.3.